The van der Waals surface area contributed by atoms with Crippen molar-refractivity contribution in [1.29, 1.82) is 5.26 Å². The average Bonchev–Trinajstić information content (AvgIpc) is 2.73. The number of fused-ring (bicyclic) bond motifs is 1. The van der Waals surface area contributed by atoms with E-state index in [1.54, 1.807) is 6.07 Å². The van der Waals surface area contributed by atoms with Gasteiger partial charge in [-0.2, -0.15) is 5.26 Å². The molecule has 156 valence electrons. The van der Waals surface area contributed by atoms with E-state index < -0.39 is 15.4 Å². The molecule has 0 amide bonds. The normalized spacial score (nSPS) is 18.5. The third kappa shape index (κ3) is 4.25. The highest BCUT2D eigenvalue weighted by molar-refractivity contribution is 7.90. The molecule has 0 atom stereocenters. The monoisotopic (exact) mass is 424 g/mol. The van der Waals surface area contributed by atoms with Crippen molar-refractivity contribution in [3.05, 3.63) is 59.2 Å². The van der Waals surface area contributed by atoms with E-state index in [2.05, 4.69) is 11.0 Å². The van der Waals surface area contributed by atoms with Crippen LogP contribution >= 0.6 is 0 Å². The SMILES string of the molecule is CS(=O)(=O)c1ccc2c(c1)C(=O)CC1(CCN(CCc3ccc(C#N)cc3)CC1)O2. The minimum atomic E-state index is -3.36. The molecule has 0 aliphatic carbocycles. The Morgan fingerprint density at radius 3 is 2.47 bits per heavy atom. The summed E-state index contributed by atoms with van der Waals surface area (Å²) in [6, 6.07) is 14.4. The number of rotatable bonds is 4. The van der Waals surface area contributed by atoms with Crippen LogP contribution in [0.25, 0.3) is 0 Å². The van der Waals surface area contributed by atoms with E-state index in [0.717, 1.165) is 45.2 Å². The van der Waals surface area contributed by atoms with Crippen molar-refractivity contribution < 1.29 is 17.9 Å². The lowest BCUT2D eigenvalue weighted by Crippen LogP contribution is -2.51. The average molecular weight is 425 g/mol. The number of sulfone groups is 1. The highest BCUT2D eigenvalue weighted by Crippen LogP contribution is 2.40. The van der Waals surface area contributed by atoms with Crippen molar-refractivity contribution in [2.75, 3.05) is 25.9 Å². The molecule has 2 aromatic rings. The predicted octanol–water partition coefficient (Wildman–Crippen LogP) is 3.00. The molecule has 0 unspecified atom stereocenters. The van der Waals surface area contributed by atoms with Crippen molar-refractivity contribution >= 4 is 15.6 Å². The Morgan fingerprint density at radius 2 is 1.83 bits per heavy atom. The highest BCUT2D eigenvalue weighted by atomic mass is 32.2. The van der Waals surface area contributed by atoms with E-state index in [9.17, 15) is 13.2 Å². The molecule has 1 saturated heterocycles. The fourth-order valence-corrected chi connectivity index (χ4v) is 4.85. The van der Waals surface area contributed by atoms with Gasteiger partial charge >= 0.3 is 0 Å². The number of carbonyl (C=O) groups excluding carboxylic acids is 1. The topological polar surface area (TPSA) is 87.5 Å². The largest absolute Gasteiger partial charge is 0.486 e. The molecular weight excluding hydrogens is 400 g/mol. The molecule has 0 saturated carbocycles. The van der Waals surface area contributed by atoms with Crippen molar-refractivity contribution in [3.63, 3.8) is 0 Å². The second-order valence-electron chi connectivity index (χ2n) is 8.22. The van der Waals surface area contributed by atoms with Crippen molar-refractivity contribution in [2.24, 2.45) is 0 Å². The van der Waals surface area contributed by atoms with Crippen LogP contribution < -0.4 is 4.74 Å². The lowest BCUT2D eigenvalue weighted by molar-refractivity contribution is -0.00872. The molecule has 6 nitrogen and oxygen atoms in total. The van der Waals surface area contributed by atoms with Crippen LogP contribution in [0.3, 0.4) is 0 Å². The lowest BCUT2D eigenvalue weighted by Gasteiger charge is -2.44. The Bertz CT molecular complexity index is 1110. The van der Waals surface area contributed by atoms with Crippen LogP contribution in [0.5, 0.6) is 5.75 Å². The number of nitriles is 1. The molecule has 1 spiro atoms. The highest BCUT2D eigenvalue weighted by Gasteiger charge is 2.43. The summed E-state index contributed by atoms with van der Waals surface area (Å²) < 4.78 is 29.8. The number of piperidine rings is 1. The first-order valence-electron chi connectivity index (χ1n) is 10.1. The van der Waals surface area contributed by atoms with Gasteiger partial charge in [0, 0.05) is 38.7 Å². The van der Waals surface area contributed by atoms with Gasteiger partial charge in [0.05, 0.1) is 28.5 Å². The summed E-state index contributed by atoms with van der Waals surface area (Å²) in [6.45, 7) is 2.62. The quantitative estimate of drug-likeness (QED) is 0.750. The Balaban J connectivity index is 1.38. The molecule has 0 radical (unpaired) electrons. The number of hydrogen-bond donors (Lipinski definition) is 0. The number of nitrogens with zero attached hydrogens (tertiary/aromatic N) is 2. The van der Waals surface area contributed by atoms with Crippen LogP contribution in [0, 0.1) is 11.3 Å². The number of likely N-dealkylation sites (tertiary alicyclic amines) is 1. The predicted molar refractivity (Wildman–Crippen MR) is 112 cm³/mol. The molecule has 0 bridgehead atoms. The zero-order chi connectivity index (χ0) is 21.4. The molecule has 2 aliphatic rings. The van der Waals surface area contributed by atoms with E-state index in [1.165, 1.54) is 17.7 Å². The molecule has 0 aromatic heterocycles. The van der Waals surface area contributed by atoms with Gasteiger partial charge in [-0.05, 0) is 42.3 Å². The minimum Gasteiger partial charge on any atom is -0.486 e. The van der Waals surface area contributed by atoms with Gasteiger partial charge in [-0.15, -0.1) is 0 Å². The first kappa shape index (κ1) is 20.6. The van der Waals surface area contributed by atoms with Gasteiger partial charge in [-0.25, -0.2) is 8.42 Å². The first-order chi connectivity index (χ1) is 14.3. The van der Waals surface area contributed by atoms with Gasteiger partial charge < -0.3 is 9.64 Å². The Hall–Kier alpha value is -2.69. The Morgan fingerprint density at radius 1 is 1.13 bits per heavy atom. The number of ether oxygens (including phenoxy) is 1. The number of ketones is 1. The van der Waals surface area contributed by atoms with Crippen LogP contribution in [0.2, 0.25) is 0 Å². The summed E-state index contributed by atoms with van der Waals surface area (Å²) in [6.07, 6.45) is 3.86. The first-order valence-corrected chi connectivity index (χ1v) is 11.9. The number of Topliss-reactive ketones (excluding diaryl/α,β-unsaturated/α-hetero) is 1. The third-order valence-corrected chi connectivity index (χ3v) is 7.17. The van der Waals surface area contributed by atoms with Crippen LogP contribution in [0.4, 0.5) is 0 Å². The molecule has 2 heterocycles. The van der Waals surface area contributed by atoms with Gasteiger partial charge in [0.25, 0.3) is 0 Å². The van der Waals surface area contributed by atoms with E-state index in [4.69, 9.17) is 10.00 Å². The fraction of sp³-hybridized carbons (Fsp3) is 0.391. The Labute approximate surface area is 177 Å². The molecule has 30 heavy (non-hydrogen) atoms. The van der Waals surface area contributed by atoms with Gasteiger partial charge in [-0.1, -0.05) is 12.1 Å². The second-order valence-corrected chi connectivity index (χ2v) is 10.2. The molecule has 1 fully saturated rings. The summed E-state index contributed by atoms with van der Waals surface area (Å²) >= 11 is 0. The number of carbonyl (C=O) groups is 1. The van der Waals surface area contributed by atoms with Gasteiger partial charge in [0.15, 0.2) is 15.6 Å². The summed E-state index contributed by atoms with van der Waals surface area (Å²) in [5.41, 5.74) is 1.74. The zero-order valence-corrected chi connectivity index (χ0v) is 17.7. The molecule has 2 aliphatic heterocycles. The van der Waals surface area contributed by atoms with E-state index >= 15 is 0 Å². The van der Waals surface area contributed by atoms with Crippen LogP contribution in [0.1, 0.15) is 40.7 Å². The lowest BCUT2D eigenvalue weighted by atomic mass is 9.82. The van der Waals surface area contributed by atoms with Gasteiger partial charge in [0.2, 0.25) is 0 Å². The van der Waals surface area contributed by atoms with Crippen LogP contribution in [0.15, 0.2) is 47.4 Å². The summed E-state index contributed by atoms with van der Waals surface area (Å²) in [5, 5.41) is 8.89. The molecule has 0 N–H and O–H groups in total. The standard InChI is InChI=1S/C23H24N2O4S/c1-30(27,28)19-6-7-22-20(14-19)21(26)15-23(29-22)9-12-25(13-10-23)11-8-17-2-4-18(16-24)5-3-17/h2-7,14H,8-13,15H2,1H3. The maximum Gasteiger partial charge on any atom is 0.175 e. The molecule has 7 heteroatoms. The zero-order valence-electron chi connectivity index (χ0n) is 16.9. The van der Waals surface area contributed by atoms with Crippen molar-refractivity contribution in [1.82, 2.24) is 4.90 Å². The fourth-order valence-electron chi connectivity index (χ4n) is 4.20. The molecular formula is C23H24N2O4S. The number of benzene rings is 2. The molecule has 2 aromatic carbocycles. The van der Waals surface area contributed by atoms with Crippen LogP contribution in [-0.4, -0.2) is 50.6 Å². The van der Waals surface area contributed by atoms with Gasteiger partial charge in [-0.3, -0.25) is 4.79 Å². The van der Waals surface area contributed by atoms with Crippen molar-refractivity contribution in [2.45, 2.75) is 36.2 Å². The molecule has 4 rings (SSSR count). The summed E-state index contributed by atoms with van der Waals surface area (Å²) in [7, 11) is -3.36. The maximum absolute atomic E-state index is 12.8. The maximum atomic E-state index is 12.8. The minimum absolute atomic E-state index is 0.0483. The Kier molecular flexibility index (Phi) is 5.39. The summed E-state index contributed by atoms with van der Waals surface area (Å²) in [5.74, 6) is 0.442. The van der Waals surface area contributed by atoms with E-state index in [1.807, 2.05) is 24.3 Å². The smallest absolute Gasteiger partial charge is 0.175 e. The van der Waals surface area contributed by atoms with E-state index in [0.29, 0.717) is 16.9 Å². The van der Waals surface area contributed by atoms with E-state index in [-0.39, 0.29) is 17.1 Å². The number of hydrogen-bond acceptors (Lipinski definition) is 6. The van der Waals surface area contributed by atoms with Crippen molar-refractivity contribution in [3.8, 4) is 11.8 Å². The summed E-state index contributed by atoms with van der Waals surface area (Å²) in [4.78, 5) is 15.3. The second kappa shape index (κ2) is 7.86. The van der Waals surface area contributed by atoms with Crippen LogP contribution in [-0.2, 0) is 16.3 Å². The third-order valence-electron chi connectivity index (χ3n) is 6.06. The van der Waals surface area contributed by atoms with Gasteiger partial charge in [0.1, 0.15) is 11.4 Å².